The molecule has 0 radical (unpaired) electrons. The molecule has 122 valence electrons. The van der Waals surface area contributed by atoms with Crippen LogP contribution in [0.25, 0.3) is 0 Å². The number of benzene rings is 1. The lowest BCUT2D eigenvalue weighted by Crippen LogP contribution is -2.49. The van der Waals surface area contributed by atoms with Crippen molar-refractivity contribution in [1.29, 1.82) is 0 Å². The molecule has 1 unspecified atom stereocenters. The third kappa shape index (κ3) is 4.20. The largest absolute Gasteiger partial charge is 0.378 e. The van der Waals surface area contributed by atoms with Crippen molar-refractivity contribution in [1.82, 2.24) is 9.62 Å². The van der Waals surface area contributed by atoms with E-state index in [1.165, 1.54) is 10.6 Å². The molecule has 22 heavy (non-hydrogen) atoms. The van der Waals surface area contributed by atoms with E-state index < -0.39 is 10.0 Å². The van der Waals surface area contributed by atoms with Crippen molar-refractivity contribution in [3.8, 4) is 0 Å². The predicted molar refractivity (Wildman–Crippen MR) is 87.7 cm³/mol. The number of carbonyl (C=O) groups is 1. The molecule has 0 saturated carbocycles. The van der Waals surface area contributed by atoms with Crippen LogP contribution in [0.5, 0.6) is 0 Å². The van der Waals surface area contributed by atoms with E-state index in [-0.39, 0.29) is 11.9 Å². The van der Waals surface area contributed by atoms with Gasteiger partial charge >= 0.3 is 0 Å². The Morgan fingerprint density at radius 1 is 1.36 bits per heavy atom. The number of amides is 1. The Hall–Kier alpha value is -1.60. The van der Waals surface area contributed by atoms with Crippen LogP contribution in [-0.2, 0) is 10.0 Å². The lowest BCUT2D eigenvalue weighted by Gasteiger charge is -2.31. The van der Waals surface area contributed by atoms with E-state index in [0.29, 0.717) is 18.7 Å². The summed E-state index contributed by atoms with van der Waals surface area (Å²) in [5, 5.41) is 2.94. The van der Waals surface area contributed by atoms with Gasteiger partial charge in [-0.2, -0.15) is 0 Å². The van der Waals surface area contributed by atoms with Gasteiger partial charge < -0.3 is 10.2 Å². The molecule has 1 fully saturated rings. The average Bonchev–Trinajstić information content (AvgIpc) is 2.46. The van der Waals surface area contributed by atoms with Gasteiger partial charge in [0.2, 0.25) is 10.0 Å². The van der Waals surface area contributed by atoms with Gasteiger partial charge in [-0.25, -0.2) is 12.7 Å². The van der Waals surface area contributed by atoms with Gasteiger partial charge in [-0.3, -0.25) is 4.79 Å². The average molecular weight is 325 g/mol. The van der Waals surface area contributed by atoms with Gasteiger partial charge in [0.05, 0.1) is 6.26 Å². The monoisotopic (exact) mass is 325 g/mol. The van der Waals surface area contributed by atoms with E-state index in [4.69, 9.17) is 0 Å². The molecular formula is C15H23N3O3S. The minimum Gasteiger partial charge on any atom is -0.378 e. The number of hydrogen-bond acceptors (Lipinski definition) is 4. The molecule has 0 bridgehead atoms. The standard InChI is InChI=1S/C15H23N3O3S/c1-17(2)14-8-4-6-12(10-14)15(19)16-13-7-5-9-18(11-13)22(3,20)21/h4,6,8,10,13H,5,7,9,11H2,1-3H3,(H,16,19). The Bertz CT molecular complexity index is 643. The van der Waals surface area contributed by atoms with E-state index in [1.54, 1.807) is 6.07 Å². The van der Waals surface area contributed by atoms with E-state index in [2.05, 4.69) is 5.32 Å². The molecule has 1 N–H and O–H groups in total. The molecule has 0 spiro atoms. The molecule has 7 heteroatoms. The fourth-order valence-corrected chi connectivity index (χ4v) is 3.47. The number of anilines is 1. The van der Waals surface area contributed by atoms with Gasteiger partial charge in [0.25, 0.3) is 5.91 Å². The maximum absolute atomic E-state index is 12.3. The maximum Gasteiger partial charge on any atom is 0.251 e. The van der Waals surface area contributed by atoms with Gasteiger partial charge in [-0.1, -0.05) is 6.07 Å². The zero-order valence-corrected chi connectivity index (χ0v) is 14.1. The second kappa shape index (κ2) is 6.66. The molecule has 0 aliphatic carbocycles. The Balaban J connectivity index is 2.04. The van der Waals surface area contributed by atoms with Crippen molar-refractivity contribution >= 4 is 21.6 Å². The number of carbonyl (C=O) groups excluding carboxylic acids is 1. The number of sulfonamides is 1. The number of nitrogens with one attached hydrogen (secondary N) is 1. The van der Waals surface area contributed by atoms with Crippen molar-refractivity contribution in [2.24, 2.45) is 0 Å². The zero-order chi connectivity index (χ0) is 16.3. The summed E-state index contributed by atoms with van der Waals surface area (Å²) in [5.74, 6) is -0.163. The van der Waals surface area contributed by atoms with Gasteiger partial charge in [0, 0.05) is 44.5 Å². The molecule has 0 aromatic heterocycles. The van der Waals surface area contributed by atoms with Crippen molar-refractivity contribution in [2.75, 3.05) is 38.3 Å². The number of piperidine rings is 1. The van der Waals surface area contributed by atoms with Gasteiger partial charge in [-0.05, 0) is 31.0 Å². The lowest BCUT2D eigenvalue weighted by atomic mass is 10.1. The van der Waals surface area contributed by atoms with E-state index in [1.807, 2.05) is 37.2 Å². The Morgan fingerprint density at radius 2 is 2.09 bits per heavy atom. The quantitative estimate of drug-likeness (QED) is 0.893. The maximum atomic E-state index is 12.3. The predicted octanol–water partition coefficient (Wildman–Crippen LogP) is 0.906. The molecular weight excluding hydrogens is 302 g/mol. The molecule has 1 aromatic carbocycles. The normalized spacial score (nSPS) is 19.7. The molecule has 1 aromatic rings. The first-order valence-corrected chi connectivity index (χ1v) is 9.15. The molecule has 6 nitrogen and oxygen atoms in total. The molecule has 1 aliphatic rings. The fourth-order valence-electron chi connectivity index (χ4n) is 2.56. The van der Waals surface area contributed by atoms with Crippen molar-refractivity contribution in [2.45, 2.75) is 18.9 Å². The highest BCUT2D eigenvalue weighted by atomic mass is 32.2. The Morgan fingerprint density at radius 3 is 2.73 bits per heavy atom. The molecule has 1 saturated heterocycles. The van der Waals surface area contributed by atoms with E-state index in [0.717, 1.165) is 18.5 Å². The van der Waals surface area contributed by atoms with Gasteiger partial charge in [-0.15, -0.1) is 0 Å². The topological polar surface area (TPSA) is 69.7 Å². The highest BCUT2D eigenvalue weighted by molar-refractivity contribution is 7.88. The van der Waals surface area contributed by atoms with Crippen molar-refractivity contribution in [3.05, 3.63) is 29.8 Å². The molecule has 2 rings (SSSR count). The van der Waals surface area contributed by atoms with Crippen LogP contribution in [0.1, 0.15) is 23.2 Å². The first kappa shape index (κ1) is 16.8. The zero-order valence-electron chi connectivity index (χ0n) is 13.2. The van der Waals surface area contributed by atoms with Gasteiger partial charge in [0.15, 0.2) is 0 Å². The molecule has 1 amide bonds. The SMILES string of the molecule is CN(C)c1cccc(C(=O)NC2CCCN(S(C)(=O)=O)C2)c1. The number of rotatable bonds is 4. The molecule has 1 heterocycles. The molecule has 1 atom stereocenters. The summed E-state index contributed by atoms with van der Waals surface area (Å²) in [7, 11) is 0.636. The third-order valence-corrected chi connectivity index (χ3v) is 5.08. The van der Waals surface area contributed by atoms with Crippen LogP contribution in [-0.4, -0.2) is 58.1 Å². The van der Waals surface area contributed by atoms with Crippen LogP contribution in [0.4, 0.5) is 5.69 Å². The van der Waals surface area contributed by atoms with Crippen molar-refractivity contribution in [3.63, 3.8) is 0 Å². The minimum atomic E-state index is -3.20. The highest BCUT2D eigenvalue weighted by Gasteiger charge is 2.27. The Kier molecular flexibility index (Phi) is 5.08. The van der Waals surface area contributed by atoms with Crippen LogP contribution >= 0.6 is 0 Å². The summed E-state index contributed by atoms with van der Waals surface area (Å²) in [6, 6.07) is 7.22. The minimum absolute atomic E-state index is 0.140. The fraction of sp³-hybridized carbons (Fsp3) is 0.533. The van der Waals surface area contributed by atoms with E-state index >= 15 is 0 Å². The van der Waals surface area contributed by atoms with Crippen LogP contribution in [0.2, 0.25) is 0 Å². The summed E-state index contributed by atoms with van der Waals surface area (Å²) < 4.78 is 24.7. The lowest BCUT2D eigenvalue weighted by molar-refractivity contribution is 0.0921. The number of nitrogens with zero attached hydrogens (tertiary/aromatic N) is 2. The van der Waals surface area contributed by atoms with Crippen LogP contribution in [0, 0.1) is 0 Å². The Labute approximate surface area is 132 Å². The first-order valence-electron chi connectivity index (χ1n) is 7.31. The van der Waals surface area contributed by atoms with Gasteiger partial charge in [0.1, 0.15) is 0 Å². The summed E-state index contributed by atoms with van der Waals surface area (Å²) in [5.41, 5.74) is 1.54. The first-order chi connectivity index (χ1) is 10.3. The summed E-state index contributed by atoms with van der Waals surface area (Å²) in [6.45, 7) is 0.874. The van der Waals surface area contributed by atoms with E-state index in [9.17, 15) is 13.2 Å². The summed E-state index contributed by atoms with van der Waals surface area (Å²) in [6.07, 6.45) is 2.76. The van der Waals surface area contributed by atoms with Crippen molar-refractivity contribution < 1.29 is 13.2 Å². The highest BCUT2D eigenvalue weighted by Crippen LogP contribution is 2.16. The number of hydrogen-bond donors (Lipinski definition) is 1. The summed E-state index contributed by atoms with van der Waals surface area (Å²) >= 11 is 0. The third-order valence-electron chi connectivity index (χ3n) is 3.81. The van der Waals surface area contributed by atoms with Crippen LogP contribution in [0.3, 0.4) is 0 Å². The smallest absolute Gasteiger partial charge is 0.251 e. The molecule has 1 aliphatic heterocycles. The second-order valence-corrected chi connectivity index (χ2v) is 7.86. The second-order valence-electron chi connectivity index (χ2n) is 5.88. The van der Waals surface area contributed by atoms with Crippen LogP contribution in [0.15, 0.2) is 24.3 Å². The van der Waals surface area contributed by atoms with Crippen LogP contribution < -0.4 is 10.2 Å². The summed E-state index contributed by atoms with van der Waals surface area (Å²) in [4.78, 5) is 14.3.